The lowest BCUT2D eigenvalue weighted by Gasteiger charge is -2.10. The van der Waals surface area contributed by atoms with E-state index in [9.17, 15) is 8.42 Å². The minimum atomic E-state index is -3.71. The minimum absolute atomic E-state index is 0.0652. The van der Waals surface area contributed by atoms with E-state index in [1.54, 1.807) is 30.1 Å². The third-order valence-electron chi connectivity index (χ3n) is 3.63. The smallest absolute Gasteiger partial charge is 0.320 e. The van der Waals surface area contributed by atoms with Crippen molar-refractivity contribution in [3.63, 3.8) is 0 Å². The van der Waals surface area contributed by atoms with Crippen LogP contribution < -0.4 is 20.9 Å². The zero-order chi connectivity index (χ0) is 18.7. The molecule has 0 bridgehead atoms. The van der Waals surface area contributed by atoms with Gasteiger partial charge in [-0.1, -0.05) is 12.1 Å². The molecule has 26 heavy (non-hydrogen) atoms. The van der Waals surface area contributed by atoms with Crippen molar-refractivity contribution in [1.82, 2.24) is 19.7 Å². The van der Waals surface area contributed by atoms with Gasteiger partial charge in [0.05, 0.1) is 16.5 Å². The molecule has 3 rings (SSSR count). The van der Waals surface area contributed by atoms with Crippen LogP contribution in [0.25, 0.3) is 11.0 Å². The normalized spacial score (nSPS) is 11.7. The number of anilines is 1. The summed E-state index contributed by atoms with van der Waals surface area (Å²) in [6.45, 7) is 1.08. The maximum Gasteiger partial charge on any atom is 0.320 e. The molecule has 0 spiro atoms. The van der Waals surface area contributed by atoms with Crippen LogP contribution in [0.5, 0.6) is 6.01 Å². The Bertz CT molecular complexity index is 1020. The molecular formula is C15H19N7O3S. The number of hydrogen-bond donors (Lipinski definition) is 3. The molecule has 0 fully saturated rings. The van der Waals surface area contributed by atoms with Gasteiger partial charge in [-0.15, -0.1) is 0 Å². The van der Waals surface area contributed by atoms with Gasteiger partial charge in [-0.25, -0.2) is 13.6 Å². The standard InChI is InChI=1S/C15H19N7O3S/c1-22-14-12(9-19-22)13(20-15(21-14)25-7-6-16)18-8-10-2-4-11(5-3-10)26(17,23)24/h2-5,9H,6-8,16H2,1H3,(H2,17,23,24)(H,18,20,21). The molecule has 0 amide bonds. The number of fused-ring (bicyclic) bond motifs is 1. The van der Waals surface area contributed by atoms with E-state index in [4.69, 9.17) is 15.6 Å². The first kappa shape index (κ1) is 18.0. The maximum absolute atomic E-state index is 11.3. The number of aromatic nitrogens is 4. The first-order chi connectivity index (χ1) is 12.4. The number of hydrogen-bond acceptors (Lipinski definition) is 8. The van der Waals surface area contributed by atoms with Crippen molar-refractivity contribution in [2.45, 2.75) is 11.4 Å². The predicted molar refractivity (Wildman–Crippen MR) is 96.0 cm³/mol. The van der Waals surface area contributed by atoms with Crippen LogP contribution in [-0.2, 0) is 23.6 Å². The van der Waals surface area contributed by atoms with Crippen LogP contribution in [-0.4, -0.2) is 41.3 Å². The van der Waals surface area contributed by atoms with E-state index in [0.29, 0.717) is 31.2 Å². The van der Waals surface area contributed by atoms with Gasteiger partial charge in [-0.05, 0) is 17.7 Å². The van der Waals surface area contributed by atoms with Crippen LogP contribution in [0.2, 0.25) is 0 Å². The van der Waals surface area contributed by atoms with E-state index in [1.807, 2.05) is 0 Å². The molecule has 0 unspecified atom stereocenters. The molecular weight excluding hydrogens is 358 g/mol. The Balaban J connectivity index is 1.83. The zero-order valence-electron chi connectivity index (χ0n) is 14.1. The lowest BCUT2D eigenvalue weighted by atomic mass is 10.2. The SMILES string of the molecule is Cn1ncc2c(NCc3ccc(S(N)(=O)=O)cc3)nc(OCCN)nc21. The molecule has 138 valence electrons. The predicted octanol–water partition coefficient (Wildman–Crippen LogP) is -0.0397. The Kier molecular flexibility index (Phi) is 5.02. The second-order valence-electron chi connectivity index (χ2n) is 5.54. The summed E-state index contributed by atoms with van der Waals surface area (Å²) in [5.74, 6) is 0.561. The van der Waals surface area contributed by atoms with Crippen molar-refractivity contribution in [3.8, 4) is 6.01 Å². The zero-order valence-corrected chi connectivity index (χ0v) is 14.9. The largest absolute Gasteiger partial charge is 0.462 e. The second kappa shape index (κ2) is 7.23. The summed E-state index contributed by atoms with van der Waals surface area (Å²) in [6.07, 6.45) is 1.66. The van der Waals surface area contributed by atoms with E-state index >= 15 is 0 Å². The number of sulfonamides is 1. The van der Waals surface area contributed by atoms with Gasteiger partial charge in [-0.3, -0.25) is 4.68 Å². The third-order valence-corrected chi connectivity index (χ3v) is 4.56. The van der Waals surface area contributed by atoms with Crippen LogP contribution in [0.15, 0.2) is 35.4 Å². The Labute approximate surface area is 150 Å². The van der Waals surface area contributed by atoms with Gasteiger partial charge in [0, 0.05) is 20.1 Å². The van der Waals surface area contributed by atoms with Crippen molar-refractivity contribution >= 4 is 26.9 Å². The molecule has 0 saturated carbocycles. The summed E-state index contributed by atoms with van der Waals surface area (Å²) < 4.78 is 29.7. The van der Waals surface area contributed by atoms with Crippen molar-refractivity contribution in [2.24, 2.45) is 17.9 Å². The van der Waals surface area contributed by atoms with Gasteiger partial charge >= 0.3 is 6.01 Å². The molecule has 3 aromatic rings. The molecule has 0 aliphatic rings. The fourth-order valence-electron chi connectivity index (χ4n) is 2.33. The molecule has 0 saturated heterocycles. The first-order valence-electron chi connectivity index (χ1n) is 7.76. The fraction of sp³-hybridized carbons (Fsp3) is 0.267. The number of ether oxygens (including phenoxy) is 1. The van der Waals surface area contributed by atoms with Crippen LogP contribution in [0, 0.1) is 0 Å². The molecule has 0 aliphatic carbocycles. The van der Waals surface area contributed by atoms with E-state index in [1.165, 1.54) is 12.1 Å². The van der Waals surface area contributed by atoms with Gasteiger partial charge in [0.1, 0.15) is 12.4 Å². The van der Waals surface area contributed by atoms with Gasteiger partial charge < -0.3 is 15.8 Å². The molecule has 11 heteroatoms. The summed E-state index contributed by atoms with van der Waals surface area (Å²) in [4.78, 5) is 8.74. The summed E-state index contributed by atoms with van der Waals surface area (Å²) in [7, 11) is -1.93. The molecule has 0 aliphatic heterocycles. The highest BCUT2D eigenvalue weighted by atomic mass is 32.2. The number of nitrogens with two attached hydrogens (primary N) is 2. The van der Waals surface area contributed by atoms with Gasteiger partial charge in [0.2, 0.25) is 10.0 Å². The Morgan fingerprint density at radius 1 is 1.23 bits per heavy atom. The van der Waals surface area contributed by atoms with Gasteiger partial charge in [-0.2, -0.15) is 15.1 Å². The molecule has 5 N–H and O–H groups in total. The molecule has 0 atom stereocenters. The van der Waals surface area contributed by atoms with Crippen molar-refractivity contribution < 1.29 is 13.2 Å². The monoisotopic (exact) mass is 377 g/mol. The van der Waals surface area contributed by atoms with Gasteiger partial charge in [0.15, 0.2) is 5.65 Å². The van der Waals surface area contributed by atoms with Crippen LogP contribution in [0.1, 0.15) is 5.56 Å². The molecule has 0 radical (unpaired) electrons. The van der Waals surface area contributed by atoms with E-state index in [-0.39, 0.29) is 10.9 Å². The highest BCUT2D eigenvalue weighted by Crippen LogP contribution is 2.23. The summed E-state index contributed by atoms with van der Waals surface area (Å²) in [6, 6.07) is 6.49. The summed E-state index contributed by atoms with van der Waals surface area (Å²) >= 11 is 0. The Hall–Kier alpha value is -2.76. The van der Waals surface area contributed by atoms with Crippen molar-refractivity contribution in [3.05, 3.63) is 36.0 Å². The van der Waals surface area contributed by atoms with Crippen LogP contribution >= 0.6 is 0 Å². The summed E-state index contributed by atoms with van der Waals surface area (Å²) in [5, 5.41) is 13.2. The number of primary sulfonamides is 1. The van der Waals surface area contributed by atoms with E-state index in [2.05, 4.69) is 20.4 Å². The molecule has 2 aromatic heterocycles. The first-order valence-corrected chi connectivity index (χ1v) is 9.31. The Morgan fingerprint density at radius 2 is 1.96 bits per heavy atom. The number of nitrogens with zero attached hydrogens (tertiary/aromatic N) is 4. The van der Waals surface area contributed by atoms with Crippen LogP contribution in [0.4, 0.5) is 5.82 Å². The maximum atomic E-state index is 11.3. The highest BCUT2D eigenvalue weighted by molar-refractivity contribution is 7.89. The van der Waals surface area contributed by atoms with E-state index in [0.717, 1.165) is 10.9 Å². The average Bonchev–Trinajstić information content (AvgIpc) is 2.99. The number of benzene rings is 1. The van der Waals surface area contributed by atoms with Crippen molar-refractivity contribution in [2.75, 3.05) is 18.5 Å². The average molecular weight is 377 g/mol. The van der Waals surface area contributed by atoms with Crippen LogP contribution in [0.3, 0.4) is 0 Å². The topological polar surface area (TPSA) is 151 Å². The molecule has 1 aromatic carbocycles. The highest BCUT2D eigenvalue weighted by Gasteiger charge is 2.13. The lowest BCUT2D eigenvalue weighted by Crippen LogP contribution is -2.13. The molecule has 10 nitrogen and oxygen atoms in total. The lowest BCUT2D eigenvalue weighted by molar-refractivity contribution is 0.303. The second-order valence-corrected chi connectivity index (χ2v) is 7.10. The van der Waals surface area contributed by atoms with Gasteiger partial charge in [0.25, 0.3) is 0 Å². The summed E-state index contributed by atoms with van der Waals surface area (Å²) in [5.41, 5.74) is 6.93. The Morgan fingerprint density at radius 3 is 2.62 bits per heavy atom. The minimum Gasteiger partial charge on any atom is -0.462 e. The fourth-order valence-corrected chi connectivity index (χ4v) is 2.85. The number of rotatable bonds is 7. The quantitative estimate of drug-likeness (QED) is 0.519. The number of nitrogens with one attached hydrogen (secondary N) is 1. The third kappa shape index (κ3) is 3.90. The van der Waals surface area contributed by atoms with E-state index < -0.39 is 10.0 Å². The van der Waals surface area contributed by atoms with Crippen molar-refractivity contribution in [1.29, 1.82) is 0 Å². The number of aryl methyl sites for hydroxylation is 1. The molecule has 2 heterocycles.